The number of halogens is 2. The van der Waals surface area contributed by atoms with Crippen molar-refractivity contribution in [3.05, 3.63) is 100 Å². The average molecular weight is 565 g/mol. The second kappa shape index (κ2) is 13.3. The molecule has 0 aromatic heterocycles. The van der Waals surface area contributed by atoms with Gasteiger partial charge in [-0.3, -0.25) is 19.2 Å². The zero-order chi connectivity index (χ0) is 28.6. The van der Waals surface area contributed by atoms with E-state index >= 15 is 0 Å². The lowest BCUT2D eigenvalue weighted by Crippen LogP contribution is -2.56. The number of amides is 3. The molecule has 40 heavy (non-hydrogen) atoms. The Bertz CT molecular complexity index is 1400. The minimum absolute atomic E-state index is 0.00515. The molecule has 4 N–H and O–H groups in total. The number of anilines is 1. The molecule has 208 valence electrons. The molecule has 10 heteroatoms. The highest BCUT2D eigenvalue weighted by molar-refractivity contribution is 6.30. The molecule has 4 rings (SSSR count). The summed E-state index contributed by atoms with van der Waals surface area (Å²) in [5.41, 5.74) is 8.23. The van der Waals surface area contributed by atoms with Crippen LogP contribution in [0.15, 0.2) is 72.8 Å². The van der Waals surface area contributed by atoms with Gasteiger partial charge in [0.1, 0.15) is 17.9 Å². The summed E-state index contributed by atoms with van der Waals surface area (Å²) in [4.78, 5) is 53.9. The third-order valence-corrected chi connectivity index (χ3v) is 7.12. The Morgan fingerprint density at radius 3 is 2.38 bits per heavy atom. The first-order valence-electron chi connectivity index (χ1n) is 13.0. The van der Waals surface area contributed by atoms with Gasteiger partial charge in [0, 0.05) is 37.1 Å². The number of Topliss-reactive ketones (excluding diaryl/α,β-unsaturated/α-hetero) is 1. The van der Waals surface area contributed by atoms with E-state index in [1.807, 2.05) is 30.3 Å². The smallest absolute Gasteiger partial charge is 0.247 e. The van der Waals surface area contributed by atoms with E-state index in [2.05, 4.69) is 10.6 Å². The van der Waals surface area contributed by atoms with Gasteiger partial charge in [-0.25, -0.2) is 4.39 Å². The maximum absolute atomic E-state index is 13.8. The van der Waals surface area contributed by atoms with E-state index in [1.54, 1.807) is 24.3 Å². The first-order valence-corrected chi connectivity index (χ1v) is 13.4. The molecule has 1 heterocycles. The van der Waals surface area contributed by atoms with Crippen molar-refractivity contribution in [2.75, 3.05) is 11.9 Å². The van der Waals surface area contributed by atoms with Gasteiger partial charge >= 0.3 is 0 Å². The van der Waals surface area contributed by atoms with Crippen molar-refractivity contribution < 1.29 is 23.6 Å². The van der Waals surface area contributed by atoms with Crippen LogP contribution in [0.2, 0.25) is 5.02 Å². The quantitative estimate of drug-likeness (QED) is 0.323. The molecule has 3 amide bonds. The fourth-order valence-electron chi connectivity index (χ4n) is 4.66. The monoisotopic (exact) mass is 564 g/mol. The molecule has 3 aromatic rings. The highest BCUT2D eigenvalue weighted by Crippen LogP contribution is 2.25. The van der Waals surface area contributed by atoms with Crippen LogP contribution in [0.25, 0.3) is 0 Å². The van der Waals surface area contributed by atoms with Gasteiger partial charge in [0.25, 0.3) is 0 Å². The summed E-state index contributed by atoms with van der Waals surface area (Å²) >= 11 is 5.72. The molecule has 2 atom stereocenters. The molecule has 1 aliphatic heterocycles. The van der Waals surface area contributed by atoms with E-state index in [0.29, 0.717) is 5.56 Å². The van der Waals surface area contributed by atoms with Crippen molar-refractivity contribution in [2.24, 2.45) is 5.73 Å². The van der Waals surface area contributed by atoms with Crippen LogP contribution in [0, 0.1) is 5.82 Å². The number of nitrogens with zero attached hydrogens (tertiary/aromatic N) is 1. The highest BCUT2D eigenvalue weighted by atomic mass is 35.5. The van der Waals surface area contributed by atoms with Crippen LogP contribution in [0.5, 0.6) is 0 Å². The molecule has 3 aromatic carbocycles. The molecule has 0 saturated heterocycles. The summed E-state index contributed by atoms with van der Waals surface area (Å²) in [6.07, 6.45) is 0.315. The third-order valence-electron chi connectivity index (χ3n) is 6.81. The van der Waals surface area contributed by atoms with Crippen LogP contribution < -0.4 is 16.4 Å². The maximum atomic E-state index is 13.8. The molecular formula is C30H30ClFN4O4. The molecular weight excluding hydrogens is 535 g/mol. The van der Waals surface area contributed by atoms with Crippen molar-refractivity contribution in [1.82, 2.24) is 10.2 Å². The highest BCUT2D eigenvalue weighted by Gasteiger charge is 2.36. The molecule has 0 unspecified atom stereocenters. The zero-order valence-electron chi connectivity index (χ0n) is 21.7. The lowest BCUT2D eigenvalue weighted by atomic mass is 9.92. The number of fused-ring (bicyclic) bond motifs is 1. The van der Waals surface area contributed by atoms with Crippen LogP contribution in [0.1, 0.15) is 40.7 Å². The Kier molecular flexibility index (Phi) is 9.63. The Balaban J connectivity index is 1.49. The van der Waals surface area contributed by atoms with Gasteiger partial charge in [-0.15, -0.1) is 0 Å². The summed E-state index contributed by atoms with van der Waals surface area (Å²) < 4.78 is 13.8. The van der Waals surface area contributed by atoms with Gasteiger partial charge in [-0.05, 0) is 42.3 Å². The number of nitrogens with one attached hydrogen (secondary N) is 2. The SMILES string of the molecule is NCC[C@H](NC(=O)[C@@H]1Cc2ccccc2CN1C(=O)CCC(=O)c1ccccc1)C(=O)Nc1ccc(Cl)c(F)c1. The lowest BCUT2D eigenvalue weighted by molar-refractivity contribution is -0.142. The van der Waals surface area contributed by atoms with Crippen molar-refractivity contribution in [1.29, 1.82) is 0 Å². The summed E-state index contributed by atoms with van der Waals surface area (Å²) in [6, 6.07) is 18.2. The topological polar surface area (TPSA) is 122 Å². The van der Waals surface area contributed by atoms with Gasteiger partial charge in [-0.1, -0.05) is 66.2 Å². The second-order valence-electron chi connectivity index (χ2n) is 9.56. The first-order chi connectivity index (χ1) is 19.3. The molecule has 0 bridgehead atoms. The van der Waals surface area contributed by atoms with Crippen LogP contribution in [-0.4, -0.2) is 47.0 Å². The van der Waals surface area contributed by atoms with E-state index in [4.69, 9.17) is 17.3 Å². The van der Waals surface area contributed by atoms with E-state index in [0.717, 1.165) is 17.2 Å². The predicted octanol–water partition coefficient (Wildman–Crippen LogP) is 3.87. The number of hydrogen-bond donors (Lipinski definition) is 3. The molecule has 0 fully saturated rings. The number of benzene rings is 3. The second-order valence-corrected chi connectivity index (χ2v) is 9.96. The average Bonchev–Trinajstić information content (AvgIpc) is 2.97. The van der Waals surface area contributed by atoms with Gasteiger partial charge in [0.15, 0.2) is 5.78 Å². The number of carbonyl (C=O) groups is 4. The molecule has 0 aliphatic carbocycles. The lowest BCUT2D eigenvalue weighted by Gasteiger charge is -2.36. The Hall–Kier alpha value is -4.08. The Labute approximate surface area is 236 Å². The van der Waals surface area contributed by atoms with Gasteiger partial charge in [0.2, 0.25) is 17.7 Å². The van der Waals surface area contributed by atoms with E-state index in [9.17, 15) is 23.6 Å². The fraction of sp³-hybridized carbons (Fsp3) is 0.267. The largest absolute Gasteiger partial charge is 0.342 e. The molecule has 0 saturated carbocycles. The Morgan fingerprint density at radius 2 is 1.68 bits per heavy atom. The number of carbonyl (C=O) groups excluding carboxylic acids is 4. The third kappa shape index (κ3) is 7.11. The molecule has 0 radical (unpaired) electrons. The zero-order valence-corrected chi connectivity index (χ0v) is 22.5. The van der Waals surface area contributed by atoms with Crippen molar-refractivity contribution >= 4 is 40.8 Å². The Morgan fingerprint density at radius 1 is 0.975 bits per heavy atom. The van der Waals surface area contributed by atoms with Crippen molar-refractivity contribution in [2.45, 2.75) is 44.3 Å². The standard InChI is InChI=1S/C30H30ClFN4O4/c31-23-11-10-22(17-24(23)32)34-29(39)25(14-15-33)35-30(40)26-16-20-8-4-5-9-21(20)18-36(26)28(38)13-12-27(37)19-6-2-1-3-7-19/h1-11,17,25-26H,12-16,18,33H2,(H,34,39)(H,35,40)/t25-,26-/m0/s1. The van der Waals surface area contributed by atoms with Crippen molar-refractivity contribution in [3.63, 3.8) is 0 Å². The number of rotatable bonds is 10. The number of hydrogen-bond acceptors (Lipinski definition) is 5. The van der Waals surface area contributed by atoms with Crippen molar-refractivity contribution in [3.8, 4) is 0 Å². The summed E-state index contributed by atoms with van der Waals surface area (Å²) in [6.45, 7) is 0.301. The van der Waals surface area contributed by atoms with Crippen LogP contribution in [0.4, 0.5) is 10.1 Å². The summed E-state index contributed by atoms with van der Waals surface area (Å²) in [7, 11) is 0. The molecule has 1 aliphatic rings. The van der Waals surface area contributed by atoms with E-state index < -0.39 is 29.7 Å². The fourth-order valence-corrected chi connectivity index (χ4v) is 4.78. The van der Waals surface area contributed by atoms with E-state index in [-0.39, 0.29) is 61.2 Å². The maximum Gasteiger partial charge on any atom is 0.247 e. The van der Waals surface area contributed by atoms with Gasteiger partial charge < -0.3 is 21.3 Å². The van der Waals surface area contributed by atoms with Gasteiger partial charge in [0.05, 0.1) is 5.02 Å². The normalized spacial score (nSPS) is 15.1. The van der Waals surface area contributed by atoms with E-state index in [1.165, 1.54) is 17.0 Å². The molecule has 0 spiro atoms. The van der Waals surface area contributed by atoms with Gasteiger partial charge in [-0.2, -0.15) is 0 Å². The van der Waals surface area contributed by atoms with Crippen LogP contribution in [0.3, 0.4) is 0 Å². The predicted molar refractivity (Wildman–Crippen MR) is 150 cm³/mol. The minimum Gasteiger partial charge on any atom is -0.342 e. The summed E-state index contributed by atoms with van der Waals surface area (Å²) in [5, 5.41) is 5.22. The number of ketones is 1. The molecule has 8 nitrogen and oxygen atoms in total. The van der Waals surface area contributed by atoms with Crippen LogP contribution >= 0.6 is 11.6 Å². The first kappa shape index (κ1) is 28.9. The number of nitrogens with two attached hydrogens (primary N) is 1. The summed E-state index contributed by atoms with van der Waals surface area (Å²) in [5.74, 6) is -2.29. The minimum atomic E-state index is -1.02. The van der Waals surface area contributed by atoms with Crippen LogP contribution in [-0.2, 0) is 27.3 Å².